The van der Waals surface area contributed by atoms with E-state index in [9.17, 15) is 28.1 Å². The highest BCUT2D eigenvalue weighted by molar-refractivity contribution is 7.89. The first kappa shape index (κ1) is 25.9. The number of ether oxygens (including phenoxy) is 1. The molecule has 34 heavy (non-hydrogen) atoms. The second-order valence-electron chi connectivity index (χ2n) is 9.66. The number of nitro benzene ring substituents is 1. The fourth-order valence-corrected chi connectivity index (χ4v) is 5.81. The molecular weight excluding hydrogens is 464 g/mol. The van der Waals surface area contributed by atoms with Crippen LogP contribution in [0.1, 0.15) is 33.6 Å². The summed E-state index contributed by atoms with van der Waals surface area (Å²) < 4.78 is 32.3. The lowest BCUT2D eigenvalue weighted by atomic mass is 9.90. The third-order valence-electron chi connectivity index (χ3n) is 6.23. The number of nitro groups is 1. The Morgan fingerprint density at radius 3 is 2.29 bits per heavy atom. The van der Waals surface area contributed by atoms with Crippen LogP contribution in [0.2, 0.25) is 0 Å². The van der Waals surface area contributed by atoms with Crippen LogP contribution in [-0.2, 0) is 19.6 Å². The molecule has 11 nitrogen and oxygen atoms in total. The molecule has 0 aromatic heterocycles. The van der Waals surface area contributed by atoms with Crippen molar-refractivity contribution in [1.29, 1.82) is 0 Å². The van der Waals surface area contributed by atoms with E-state index in [0.29, 0.717) is 19.5 Å². The standard InChI is InChI=1S/C22H32N4O7S/c1-22(2,3)21(28)24-9-5-6-16(15-24)20(27)23-10-12-25(13-11-23)34(31,32)17-7-8-19(33-4)18(14-17)26(29)30/h7-8,14,16H,5-6,9-13,15H2,1-4H3. The van der Waals surface area contributed by atoms with Gasteiger partial charge in [-0.1, -0.05) is 20.8 Å². The Labute approximate surface area is 199 Å². The molecule has 2 fully saturated rings. The minimum atomic E-state index is -3.97. The van der Waals surface area contributed by atoms with Crippen molar-refractivity contribution < 1.29 is 27.7 Å². The maximum absolute atomic E-state index is 13.1. The highest BCUT2D eigenvalue weighted by atomic mass is 32.2. The predicted molar refractivity (Wildman–Crippen MR) is 124 cm³/mol. The van der Waals surface area contributed by atoms with E-state index in [4.69, 9.17) is 4.74 Å². The molecule has 1 aromatic rings. The van der Waals surface area contributed by atoms with Crippen molar-refractivity contribution in [3.63, 3.8) is 0 Å². The van der Waals surface area contributed by atoms with Gasteiger partial charge in [0.2, 0.25) is 21.8 Å². The van der Waals surface area contributed by atoms with Gasteiger partial charge in [0.05, 0.1) is 22.8 Å². The van der Waals surface area contributed by atoms with Crippen molar-refractivity contribution in [3.05, 3.63) is 28.3 Å². The SMILES string of the molecule is COc1ccc(S(=O)(=O)N2CCN(C(=O)C3CCCN(C(=O)C(C)(C)C)C3)CC2)cc1[N+](=O)[O-]. The van der Waals surface area contributed by atoms with Gasteiger partial charge < -0.3 is 14.5 Å². The van der Waals surface area contributed by atoms with E-state index in [2.05, 4.69) is 0 Å². The van der Waals surface area contributed by atoms with Gasteiger partial charge in [0, 0.05) is 50.7 Å². The number of carbonyl (C=O) groups excluding carboxylic acids is 2. The Morgan fingerprint density at radius 1 is 1.09 bits per heavy atom. The number of likely N-dealkylation sites (tertiary alicyclic amines) is 1. The zero-order valence-electron chi connectivity index (χ0n) is 20.0. The van der Waals surface area contributed by atoms with Crippen molar-refractivity contribution in [1.82, 2.24) is 14.1 Å². The van der Waals surface area contributed by atoms with Gasteiger partial charge in [-0.2, -0.15) is 4.31 Å². The van der Waals surface area contributed by atoms with Crippen LogP contribution in [0, 0.1) is 21.4 Å². The Morgan fingerprint density at radius 2 is 1.74 bits per heavy atom. The number of carbonyl (C=O) groups is 2. The average molecular weight is 497 g/mol. The first-order chi connectivity index (χ1) is 15.9. The van der Waals surface area contributed by atoms with Gasteiger partial charge in [-0.3, -0.25) is 19.7 Å². The molecule has 1 aromatic carbocycles. The molecule has 0 aliphatic carbocycles. The fourth-order valence-electron chi connectivity index (χ4n) is 4.37. The van der Waals surface area contributed by atoms with Gasteiger partial charge in [0.25, 0.3) is 0 Å². The largest absolute Gasteiger partial charge is 0.490 e. The Hall–Kier alpha value is -2.73. The highest BCUT2D eigenvalue weighted by Crippen LogP contribution is 2.31. The number of sulfonamides is 1. The molecule has 3 rings (SSSR count). The van der Waals surface area contributed by atoms with Crippen molar-refractivity contribution in [2.45, 2.75) is 38.5 Å². The van der Waals surface area contributed by atoms with Gasteiger partial charge in [0.1, 0.15) is 0 Å². The number of methoxy groups -OCH3 is 1. The molecule has 188 valence electrons. The van der Waals surface area contributed by atoms with Gasteiger partial charge in [-0.15, -0.1) is 0 Å². The summed E-state index contributed by atoms with van der Waals surface area (Å²) in [5.74, 6) is -0.365. The third-order valence-corrected chi connectivity index (χ3v) is 8.13. The lowest BCUT2D eigenvalue weighted by Crippen LogP contribution is -2.54. The molecule has 0 spiro atoms. The highest BCUT2D eigenvalue weighted by Gasteiger charge is 2.37. The average Bonchev–Trinajstić information content (AvgIpc) is 2.82. The molecule has 0 saturated carbocycles. The number of benzene rings is 1. The van der Waals surface area contributed by atoms with Crippen molar-refractivity contribution in [3.8, 4) is 5.75 Å². The summed E-state index contributed by atoms with van der Waals surface area (Å²) in [7, 11) is -2.70. The summed E-state index contributed by atoms with van der Waals surface area (Å²) in [6.07, 6.45) is 1.45. The monoisotopic (exact) mass is 496 g/mol. The van der Waals surface area contributed by atoms with Crippen molar-refractivity contribution in [2.24, 2.45) is 11.3 Å². The number of hydrogen-bond donors (Lipinski definition) is 0. The zero-order chi connectivity index (χ0) is 25.3. The second kappa shape index (κ2) is 9.87. The number of hydrogen-bond acceptors (Lipinski definition) is 7. The van der Waals surface area contributed by atoms with Crippen LogP contribution in [0.25, 0.3) is 0 Å². The van der Waals surface area contributed by atoms with Crippen LogP contribution in [0.15, 0.2) is 23.1 Å². The van der Waals surface area contributed by atoms with Gasteiger partial charge in [-0.25, -0.2) is 8.42 Å². The van der Waals surface area contributed by atoms with Crippen LogP contribution < -0.4 is 4.74 Å². The molecule has 1 unspecified atom stereocenters. The summed E-state index contributed by atoms with van der Waals surface area (Å²) in [5.41, 5.74) is -0.939. The molecule has 2 aliphatic rings. The van der Waals surface area contributed by atoms with Gasteiger partial charge >= 0.3 is 5.69 Å². The van der Waals surface area contributed by atoms with Gasteiger partial charge in [-0.05, 0) is 25.0 Å². The maximum atomic E-state index is 13.1. The molecular formula is C22H32N4O7S. The number of rotatable bonds is 5. The molecule has 2 amide bonds. The van der Waals surface area contributed by atoms with E-state index in [0.717, 1.165) is 12.5 Å². The smallest absolute Gasteiger partial charge is 0.312 e. The lowest BCUT2D eigenvalue weighted by Gasteiger charge is -2.39. The Balaban J connectivity index is 1.66. The minimum absolute atomic E-state index is 0.0224. The van der Waals surface area contributed by atoms with Crippen LogP contribution >= 0.6 is 0 Å². The van der Waals surface area contributed by atoms with Crippen LogP contribution in [-0.4, -0.2) is 85.6 Å². The lowest BCUT2D eigenvalue weighted by molar-refractivity contribution is -0.386. The number of nitrogens with zero attached hydrogens (tertiary/aromatic N) is 4. The second-order valence-corrected chi connectivity index (χ2v) is 11.6. The van der Waals surface area contributed by atoms with Crippen molar-refractivity contribution >= 4 is 27.5 Å². The number of piperidine rings is 1. The summed E-state index contributed by atoms with van der Waals surface area (Å²) in [5, 5.41) is 11.3. The van der Waals surface area contributed by atoms with Gasteiger partial charge in [0.15, 0.2) is 5.75 Å². The van der Waals surface area contributed by atoms with E-state index >= 15 is 0 Å². The zero-order valence-corrected chi connectivity index (χ0v) is 20.8. The minimum Gasteiger partial charge on any atom is -0.490 e. The Bertz CT molecular complexity index is 1060. The van der Waals surface area contributed by atoms with E-state index < -0.39 is 26.0 Å². The van der Waals surface area contributed by atoms with Crippen LogP contribution in [0.4, 0.5) is 5.69 Å². The van der Waals surface area contributed by atoms with E-state index in [-0.39, 0.29) is 54.6 Å². The molecule has 0 bridgehead atoms. The fraction of sp³-hybridized carbons (Fsp3) is 0.636. The molecule has 0 N–H and O–H groups in total. The summed E-state index contributed by atoms with van der Waals surface area (Å²) >= 11 is 0. The van der Waals surface area contributed by atoms with Crippen LogP contribution in [0.5, 0.6) is 5.75 Å². The van der Waals surface area contributed by atoms with E-state index in [1.807, 2.05) is 20.8 Å². The van der Waals surface area contributed by atoms with E-state index in [1.54, 1.807) is 9.80 Å². The maximum Gasteiger partial charge on any atom is 0.312 e. The molecule has 2 aliphatic heterocycles. The topological polar surface area (TPSA) is 130 Å². The first-order valence-electron chi connectivity index (χ1n) is 11.3. The predicted octanol–water partition coefficient (Wildman–Crippen LogP) is 1.72. The van der Waals surface area contributed by atoms with Crippen LogP contribution in [0.3, 0.4) is 0 Å². The summed E-state index contributed by atoms with van der Waals surface area (Å²) in [4.78, 5) is 39.6. The third kappa shape index (κ3) is 5.33. The first-order valence-corrected chi connectivity index (χ1v) is 12.7. The summed E-state index contributed by atoms with van der Waals surface area (Å²) in [6, 6.07) is 3.54. The van der Waals surface area contributed by atoms with E-state index in [1.165, 1.54) is 23.5 Å². The number of amides is 2. The molecule has 2 heterocycles. The quantitative estimate of drug-likeness (QED) is 0.448. The molecule has 12 heteroatoms. The Kier molecular flexibility index (Phi) is 7.51. The normalized spacial score (nSPS) is 20.2. The molecule has 0 radical (unpaired) electrons. The number of piperazine rings is 1. The molecule has 2 saturated heterocycles. The van der Waals surface area contributed by atoms with Crippen molar-refractivity contribution in [2.75, 3.05) is 46.4 Å². The summed E-state index contributed by atoms with van der Waals surface area (Å²) in [6.45, 7) is 7.22. The molecule has 1 atom stereocenters.